The molecule has 0 saturated carbocycles. The molecule has 0 bridgehead atoms. The van der Waals surface area contributed by atoms with Gasteiger partial charge in [0.25, 0.3) is 0 Å². The Balaban J connectivity index is 2.72. The number of rotatable bonds is 9. The van der Waals surface area contributed by atoms with Gasteiger partial charge in [-0.05, 0) is 17.7 Å². The number of aromatic hydroxyl groups is 2. The van der Waals surface area contributed by atoms with Crippen molar-refractivity contribution in [3.63, 3.8) is 0 Å². The fraction of sp³-hybridized carbons (Fsp3) is 0.304. The van der Waals surface area contributed by atoms with Crippen molar-refractivity contribution < 1.29 is 38.9 Å². The highest BCUT2D eigenvalue weighted by atomic mass is 79.9. The third kappa shape index (κ3) is 5.34. The van der Waals surface area contributed by atoms with Crippen molar-refractivity contribution in [2.24, 2.45) is 0 Å². The number of benzene rings is 2. The molecular formula is C23H23BrO8. The highest BCUT2D eigenvalue weighted by molar-refractivity contribution is 9.10. The summed E-state index contributed by atoms with van der Waals surface area (Å²) in [6.07, 6.45) is -0.364. The van der Waals surface area contributed by atoms with Gasteiger partial charge in [0, 0.05) is 23.7 Å². The summed E-state index contributed by atoms with van der Waals surface area (Å²) >= 11 is 3.31. The molecule has 0 aliphatic rings. The molecule has 32 heavy (non-hydrogen) atoms. The number of phenolic OH excluding ortho intramolecular Hbond substituents is 2. The van der Waals surface area contributed by atoms with Crippen molar-refractivity contribution in [2.75, 3.05) is 0 Å². The summed E-state index contributed by atoms with van der Waals surface area (Å²) in [4.78, 5) is 50.3. The van der Waals surface area contributed by atoms with Gasteiger partial charge in [0.1, 0.15) is 6.61 Å². The minimum atomic E-state index is -1.08. The van der Waals surface area contributed by atoms with E-state index in [1.807, 2.05) is 0 Å². The second-order valence-corrected chi connectivity index (χ2v) is 7.65. The molecule has 0 aliphatic carbocycles. The largest absolute Gasteiger partial charge is 0.504 e. The van der Waals surface area contributed by atoms with Crippen LogP contribution in [0.4, 0.5) is 0 Å². The Morgan fingerprint density at radius 2 is 1.50 bits per heavy atom. The molecule has 0 amide bonds. The summed E-state index contributed by atoms with van der Waals surface area (Å²) in [6.45, 7) is 4.28. The maximum Gasteiger partial charge on any atom is 0.340 e. The fourth-order valence-electron chi connectivity index (χ4n) is 2.93. The third-order valence-corrected chi connectivity index (χ3v) is 5.06. The Morgan fingerprint density at radius 3 is 2.06 bits per heavy atom. The number of ketones is 2. The van der Waals surface area contributed by atoms with Gasteiger partial charge in [0.05, 0.1) is 16.7 Å². The monoisotopic (exact) mass is 506 g/mol. The Morgan fingerprint density at radius 1 is 0.875 bits per heavy atom. The van der Waals surface area contributed by atoms with Crippen molar-refractivity contribution in [1.29, 1.82) is 0 Å². The molecule has 2 aromatic carbocycles. The lowest BCUT2D eigenvalue weighted by molar-refractivity contribution is -0.134. The van der Waals surface area contributed by atoms with Crippen LogP contribution in [0.1, 0.15) is 76.7 Å². The molecular weight excluding hydrogens is 484 g/mol. The predicted molar refractivity (Wildman–Crippen MR) is 118 cm³/mol. The van der Waals surface area contributed by atoms with Crippen LogP contribution in [0.15, 0.2) is 28.7 Å². The fourth-order valence-corrected chi connectivity index (χ4v) is 3.38. The van der Waals surface area contributed by atoms with Crippen LogP contribution in [0.2, 0.25) is 0 Å². The van der Waals surface area contributed by atoms with Crippen LogP contribution in [-0.2, 0) is 16.1 Å². The van der Waals surface area contributed by atoms with E-state index in [0.717, 1.165) is 4.47 Å². The first-order valence-electron chi connectivity index (χ1n) is 9.96. The van der Waals surface area contributed by atoms with Crippen LogP contribution in [0.25, 0.3) is 0 Å². The van der Waals surface area contributed by atoms with E-state index in [-0.39, 0.29) is 25.9 Å². The molecule has 0 unspecified atom stereocenters. The summed E-state index contributed by atoms with van der Waals surface area (Å²) in [5.74, 6) is -5.88. The summed E-state index contributed by atoms with van der Waals surface area (Å²) in [5, 5.41) is 21.0. The van der Waals surface area contributed by atoms with Gasteiger partial charge in [-0.2, -0.15) is 0 Å². The van der Waals surface area contributed by atoms with E-state index in [4.69, 9.17) is 9.47 Å². The highest BCUT2D eigenvalue weighted by Gasteiger charge is 2.35. The van der Waals surface area contributed by atoms with Crippen LogP contribution < -0.4 is 4.74 Å². The molecule has 0 saturated heterocycles. The molecule has 0 spiro atoms. The lowest BCUT2D eigenvalue weighted by atomic mass is 9.91. The zero-order chi connectivity index (χ0) is 24.0. The van der Waals surface area contributed by atoms with Gasteiger partial charge in [-0.3, -0.25) is 14.4 Å². The number of hydrogen-bond donors (Lipinski definition) is 2. The predicted octanol–water partition coefficient (Wildman–Crippen LogP) is 4.72. The molecule has 0 aliphatic heterocycles. The Labute approximate surface area is 193 Å². The maximum atomic E-state index is 13.1. The van der Waals surface area contributed by atoms with E-state index >= 15 is 0 Å². The van der Waals surface area contributed by atoms with E-state index in [1.165, 1.54) is 20.8 Å². The SMILES string of the molecule is CCC(=O)Oc1c(O)c(O)c(C(=O)CC)c(C(=O)OCc2cccc(Br)c2)c1C(=O)CC. The minimum Gasteiger partial charge on any atom is -0.504 e. The van der Waals surface area contributed by atoms with Gasteiger partial charge in [-0.15, -0.1) is 0 Å². The standard InChI is InChI=1S/C23H23BrO8/c1-4-14(25)17-19(23(30)31-11-12-8-7-9-13(24)10-12)18(15(26)5-2)22(21(29)20(17)28)32-16(27)6-3/h7-10,28-29H,4-6,11H2,1-3H3. The molecule has 2 aromatic rings. The second-order valence-electron chi connectivity index (χ2n) is 6.74. The molecule has 0 atom stereocenters. The zero-order valence-corrected chi connectivity index (χ0v) is 19.4. The number of esters is 2. The summed E-state index contributed by atoms with van der Waals surface area (Å²) < 4.78 is 11.2. The van der Waals surface area contributed by atoms with Gasteiger partial charge in [-0.1, -0.05) is 48.8 Å². The first-order chi connectivity index (χ1) is 15.2. The third-order valence-electron chi connectivity index (χ3n) is 4.57. The van der Waals surface area contributed by atoms with E-state index < -0.39 is 57.4 Å². The van der Waals surface area contributed by atoms with E-state index in [2.05, 4.69) is 15.9 Å². The van der Waals surface area contributed by atoms with Crippen LogP contribution in [0.3, 0.4) is 0 Å². The summed E-state index contributed by atoms with van der Waals surface area (Å²) in [5.41, 5.74) is -0.967. The Kier molecular flexibility index (Phi) is 8.54. The number of Topliss-reactive ketones (excluding diaryl/α,β-unsaturated/α-hetero) is 2. The normalized spacial score (nSPS) is 10.5. The van der Waals surface area contributed by atoms with Crippen molar-refractivity contribution in [2.45, 2.75) is 46.6 Å². The minimum absolute atomic E-state index is 0.0989. The van der Waals surface area contributed by atoms with Gasteiger partial charge >= 0.3 is 11.9 Å². The molecule has 2 rings (SSSR count). The average molecular weight is 507 g/mol. The number of carbonyl (C=O) groups is 4. The van der Waals surface area contributed by atoms with E-state index in [9.17, 15) is 29.4 Å². The number of ether oxygens (including phenoxy) is 2. The molecule has 170 valence electrons. The van der Waals surface area contributed by atoms with Gasteiger partial charge in [0.15, 0.2) is 23.1 Å². The number of halogens is 1. The van der Waals surface area contributed by atoms with Gasteiger partial charge in [0.2, 0.25) is 5.75 Å². The molecule has 0 heterocycles. The molecule has 0 radical (unpaired) electrons. The second kappa shape index (κ2) is 10.9. The average Bonchev–Trinajstić information content (AvgIpc) is 2.79. The lowest BCUT2D eigenvalue weighted by Crippen LogP contribution is -2.20. The van der Waals surface area contributed by atoms with Crippen molar-refractivity contribution in [3.8, 4) is 17.2 Å². The summed E-state index contributed by atoms with van der Waals surface area (Å²) in [6, 6.07) is 6.94. The lowest BCUT2D eigenvalue weighted by Gasteiger charge is -2.19. The molecule has 2 N–H and O–H groups in total. The van der Waals surface area contributed by atoms with Gasteiger partial charge in [-0.25, -0.2) is 4.79 Å². The Bertz CT molecular complexity index is 1070. The van der Waals surface area contributed by atoms with Crippen LogP contribution >= 0.6 is 15.9 Å². The van der Waals surface area contributed by atoms with E-state index in [1.54, 1.807) is 24.3 Å². The highest BCUT2D eigenvalue weighted by Crippen LogP contribution is 2.45. The maximum absolute atomic E-state index is 13.1. The van der Waals surface area contributed by atoms with Crippen molar-refractivity contribution in [3.05, 3.63) is 51.0 Å². The summed E-state index contributed by atoms with van der Waals surface area (Å²) in [7, 11) is 0. The topological polar surface area (TPSA) is 127 Å². The molecule has 0 aromatic heterocycles. The first kappa shape index (κ1) is 25.1. The van der Waals surface area contributed by atoms with Crippen LogP contribution in [-0.4, -0.2) is 33.7 Å². The zero-order valence-electron chi connectivity index (χ0n) is 17.9. The molecule has 8 nitrogen and oxygen atoms in total. The quantitative estimate of drug-likeness (QED) is 0.216. The Hall–Kier alpha value is -3.20. The van der Waals surface area contributed by atoms with E-state index in [0.29, 0.717) is 5.56 Å². The van der Waals surface area contributed by atoms with Crippen molar-refractivity contribution in [1.82, 2.24) is 0 Å². The van der Waals surface area contributed by atoms with Gasteiger partial charge < -0.3 is 19.7 Å². The van der Waals surface area contributed by atoms with Crippen molar-refractivity contribution >= 4 is 39.4 Å². The number of carbonyl (C=O) groups excluding carboxylic acids is 4. The van der Waals surface area contributed by atoms with Crippen LogP contribution in [0, 0.1) is 0 Å². The molecule has 9 heteroatoms. The number of hydrogen-bond acceptors (Lipinski definition) is 8. The number of phenols is 2. The first-order valence-corrected chi connectivity index (χ1v) is 10.8. The smallest absolute Gasteiger partial charge is 0.340 e. The van der Waals surface area contributed by atoms with Crippen LogP contribution in [0.5, 0.6) is 17.2 Å². The molecule has 0 fully saturated rings.